The molecule has 10 heteroatoms. The molecule has 1 aliphatic heterocycles. The van der Waals surface area contributed by atoms with Gasteiger partial charge in [-0.05, 0) is 0 Å². The van der Waals surface area contributed by atoms with Gasteiger partial charge in [0.1, 0.15) is 0 Å². The van der Waals surface area contributed by atoms with Gasteiger partial charge in [-0.2, -0.15) is 0 Å². The van der Waals surface area contributed by atoms with Crippen molar-refractivity contribution in [2.75, 3.05) is 59.2 Å². The molecule has 1 aliphatic rings. The summed E-state index contributed by atoms with van der Waals surface area (Å²) in [6.07, 6.45) is -1.46. The maximum absolute atomic E-state index is 11.1. The van der Waals surface area contributed by atoms with Gasteiger partial charge in [-0.3, -0.25) is 29.6 Å². The van der Waals surface area contributed by atoms with E-state index in [0.717, 1.165) is 0 Å². The summed E-state index contributed by atoms with van der Waals surface area (Å²) in [4.78, 5) is 27.5. The normalized spacial score (nSPS) is 20.8. The molecule has 0 radical (unpaired) electrons. The van der Waals surface area contributed by atoms with Crippen molar-refractivity contribution in [3.8, 4) is 0 Å². The molecule has 1 heterocycles. The third-order valence-electron chi connectivity index (χ3n) is 3.87. The molecule has 0 aromatic heterocycles. The summed E-state index contributed by atoms with van der Waals surface area (Å²) in [5, 5.41) is 39.5. The second kappa shape index (κ2) is 10.5. The molecule has 0 aromatic rings. The van der Waals surface area contributed by atoms with Crippen LogP contribution in [0.15, 0.2) is 0 Å². The van der Waals surface area contributed by atoms with Crippen LogP contribution in [-0.2, 0) is 9.59 Å². The van der Waals surface area contributed by atoms with E-state index < -0.39 is 24.1 Å². The molecule has 0 amide bonds. The number of aliphatic hydroxyl groups excluding tert-OH is 1. The van der Waals surface area contributed by atoms with Crippen LogP contribution < -0.4 is 5.32 Å². The van der Waals surface area contributed by atoms with E-state index in [1.54, 1.807) is 16.7 Å². The number of carbonyl (C=O) groups is 2. The number of nitrogens with zero attached hydrogens (tertiary/aromatic N) is 3. The lowest BCUT2D eigenvalue weighted by molar-refractivity contribution is -0.141. The Kier molecular flexibility index (Phi) is 9.11. The van der Waals surface area contributed by atoms with Gasteiger partial charge in [0.05, 0.1) is 19.0 Å². The predicted octanol–water partition coefficient (Wildman–Crippen LogP) is -2.47. The first-order valence-corrected chi connectivity index (χ1v) is 7.96. The highest BCUT2D eigenvalue weighted by Gasteiger charge is 2.20. The Labute approximate surface area is 141 Å². The number of aliphatic carboxylic acids is 2. The van der Waals surface area contributed by atoms with Crippen LogP contribution in [0.4, 0.5) is 0 Å². The second-order valence-electron chi connectivity index (χ2n) is 6.11. The number of carboxylic acid groups (broad SMARTS) is 2. The van der Waals surface area contributed by atoms with Crippen LogP contribution in [0.25, 0.3) is 0 Å². The molecule has 0 aliphatic carbocycles. The lowest BCUT2D eigenvalue weighted by Crippen LogP contribution is -2.51. The second-order valence-corrected chi connectivity index (χ2v) is 6.11. The van der Waals surface area contributed by atoms with E-state index in [1.807, 2.05) is 4.90 Å². The first-order valence-electron chi connectivity index (χ1n) is 7.96. The van der Waals surface area contributed by atoms with Gasteiger partial charge in [-0.1, -0.05) is 6.92 Å². The van der Waals surface area contributed by atoms with Crippen LogP contribution in [-0.4, -0.2) is 113 Å². The SMILES string of the molecule is CC(CN1CCN(CC(=O)O)CNCN(CC(O)O)CC1)C(=O)O. The van der Waals surface area contributed by atoms with Gasteiger partial charge >= 0.3 is 11.9 Å². The molecule has 0 saturated carbocycles. The van der Waals surface area contributed by atoms with Crippen LogP contribution in [0.1, 0.15) is 6.92 Å². The van der Waals surface area contributed by atoms with Gasteiger partial charge in [0.25, 0.3) is 0 Å². The maximum atomic E-state index is 11.1. The lowest BCUT2D eigenvalue weighted by atomic mass is 10.1. The van der Waals surface area contributed by atoms with Crippen molar-refractivity contribution in [2.45, 2.75) is 13.2 Å². The van der Waals surface area contributed by atoms with Gasteiger partial charge in [0, 0.05) is 46.1 Å². The number of rotatable bonds is 7. The summed E-state index contributed by atoms with van der Waals surface area (Å²) in [7, 11) is 0. The molecule has 0 aromatic carbocycles. The van der Waals surface area contributed by atoms with Crippen LogP contribution in [0, 0.1) is 5.92 Å². The minimum atomic E-state index is -1.46. The van der Waals surface area contributed by atoms with E-state index in [4.69, 9.17) is 20.4 Å². The number of hydrogen-bond acceptors (Lipinski definition) is 8. The molecule has 1 saturated heterocycles. The fraction of sp³-hybridized carbons (Fsp3) is 0.857. The maximum Gasteiger partial charge on any atom is 0.317 e. The molecule has 140 valence electrons. The summed E-state index contributed by atoms with van der Waals surface area (Å²) >= 11 is 0. The highest BCUT2D eigenvalue weighted by molar-refractivity contribution is 5.69. The molecule has 0 spiro atoms. The van der Waals surface area contributed by atoms with Crippen molar-refractivity contribution in [3.05, 3.63) is 0 Å². The van der Waals surface area contributed by atoms with E-state index in [9.17, 15) is 9.59 Å². The van der Waals surface area contributed by atoms with E-state index in [0.29, 0.717) is 46.1 Å². The molecule has 1 atom stereocenters. The molecule has 24 heavy (non-hydrogen) atoms. The quantitative estimate of drug-likeness (QED) is 0.315. The standard InChI is InChI=1S/C14H28N4O6/c1-11(14(23)24)6-16-2-4-17(7-12(19)20)9-15-10-18(5-3-16)8-13(21)22/h11-12,15,19-20H,2-10H2,1H3,(H,21,22)(H,23,24). The molecule has 1 unspecified atom stereocenters. The van der Waals surface area contributed by atoms with E-state index >= 15 is 0 Å². The average Bonchev–Trinajstić information content (AvgIpc) is 2.47. The van der Waals surface area contributed by atoms with Crippen LogP contribution in [0.3, 0.4) is 0 Å². The Morgan fingerprint density at radius 2 is 1.50 bits per heavy atom. The number of β-amino-alcohol motifs (C(OH)–C–C–N with tert-alkyl or cyclic N) is 2. The van der Waals surface area contributed by atoms with E-state index in [1.165, 1.54) is 0 Å². The Morgan fingerprint density at radius 3 is 2.04 bits per heavy atom. The first kappa shape index (κ1) is 20.7. The largest absolute Gasteiger partial charge is 0.481 e. The van der Waals surface area contributed by atoms with Gasteiger partial charge in [0.2, 0.25) is 0 Å². The van der Waals surface area contributed by atoms with Crippen LogP contribution >= 0.6 is 0 Å². The van der Waals surface area contributed by atoms with E-state index in [-0.39, 0.29) is 13.1 Å². The minimum Gasteiger partial charge on any atom is -0.481 e. The van der Waals surface area contributed by atoms with Crippen LogP contribution in [0.2, 0.25) is 0 Å². The Hall–Kier alpha value is -1.30. The van der Waals surface area contributed by atoms with Crippen molar-refractivity contribution >= 4 is 11.9 Å². The van der Waals surface area contributed by atoms with Crippen molar-refractivity contribution in [2.24, 2.45) is 5.92 Å². The molecular formula is C14H28N4O6. The number of nitrogens with one attached hydrogen (secondary N) is 1. The lowest BCUT2D eigenvalue weighted by Gasteiger charge is -2.33. The van der Waals surface area contributed by atoms with Crippen molar-refractivity contribution < 1.29 is 30.0 Å². The fourth-order valence-electron chi connectivity index (χ4n) is 2.56. The summed E-state index contributed by atoms with van der Waals surface area (Å²) in [6.45, 7) is 4.85. The predicted molar refractivity (Wildman–Crippen MR) is 85.1 cm³/mol. The van der Waals surface area contributed by atoms with Gasteiger partial charge in [-0.15, -0.1) is 0 Å². The van der Waals surface area contributed by atoms with Crippen molar-refractivity contribution in [1.82, 2.24) is 20.0 Å². The Bertz CT molecular complexity index is 409. The molecule has 5 N–H and O–H groups in total. The van der Waals surface area contributed by atoms with Gasteiger partial charge < -0.3 is 20.4 Å². The van der Waals surface area contributed by atoms with Crippen LogP contribution in [0.5, 0.6) is 0 Å². The van der Waals surface area contributed by atoms with Gasteiger partial charge in [0.15, 0.2) is 6.29 Å². The van der Waals surface area contributed by atoms with Crippen molar-refractivity contribution in [3.63, 3.8) is 0 Å². The molecule has 0 bridgehead atoms. The smallest absolute Gasteiger partial charge is 0.317 e. The number of hydrogen-bond donors (Lipinski definition) is 5. The molecule has 1 rings (SSSR count). The van der Waals surface area contributed by atoms with Crippen molar-refractivity contribution in [1.29, 1.82) is 0 Å². The molecule has 1 fully saturated rings. The zero-order chi connectivity index (χ0) is 18.1. The zero-order valence-electron chi connectivity index (χ0n) is 14.0. The fourth-order valence-corrected chi connectivity index (χ4v) is 2.56. The summed E-state index contributed by atoms with van der Waals surface area (Å²) in [5.41, 5.74) is 0. The Balaban J connectivity index is 2.71. The zero-order valence-corrected chi connectivity index (χ0v) is 14.0. The number of carboxylic acids is 2. The van der Waals surface area contributed by atoms with Gasteiger partial charge in [-0.25, -0.2) is 0 Å². The molecule has 10 nitrogen and oxygen atoms in total. The summed E-state index contributed by atoms with van der Waals surface area (Å²) in [6, 6.07) is 0. The summed E-state index contributed by atoms with van der Waals surface area (Å²) < 4.78 is 0. The summed E-state index contributed by atoms with van der Waals surface area (Å²) in [5.74, 6) is -2.34. The minimum absolute atomic E-state index is 0.0637. The monoisotopic (exact) mass is 348 g/mol. The highest BCUT2D eigenvalue weighted by atomic mass is 16.5. The third kappa shape index (κ3) is 8.52. The Morgan fingerprint density at radius 1 is 0.958 bits per heavy atom. The van der Waals surface area contributed by atoms with E-state index in [2.05, 4.69) is 5.32 Å². The third-order valence-corrected chi connectivity index (χ3v) is 3.87. The topological polar surface area (TPSA) is 137 Å². The highest BCUT2D eigenvalue weighted by Crippen LogP contribution is 2.03. The first-order chi connectivity index (χ1) is 11.3. The number of aliphatic hydroxyl groups is 2. The average molecular weight is 348 g/mol. The molecular weight excluding hydrogens is 320 g/mol.